The van der Waals surface area contributed by atoms with Gasteiger partial charge in [0.15, 0.2) is 0 Å². The number of anilines is 1. The number of halogens is 2. The van der Waals surface area contributed by atoms with Crippen LogP contribution in [0.25, 0.3) is 0 Å². The maximum atomic E-state index is 11.5. The van der Waals surface area contributed by atoms with Gasteiger partial charge in [0.1, 0.15) is 0 Å². The molecule has 0 aromatic heterocycles. The Kier molecular flexibility index (Phi) is 5.14. The second-order valence-electron chi connectivity index (χ2n) is 3.57. The van der Waals surface area contributed by atoms with Crippen molar-refractivity contribution in [2.45, 2.75) is 6.92 Å². The van der Waals surface area contributed by atoms with Gasteiger partial charge in [-0.2, -0.15) is 0 Å². The average Bonchev–Trinajstić information content (AvgIpc) is 2.29. The first-order chi connectivity index (χ1) is 8.81. The van der Waals surface area contributed by atoms with E-state index in [0.29, 0.717) is 0 Å². The van der Waals surface area contributed by atoms with Gasteiger partial charge in [-0.1, -0.05) is 23.2 Å². The van der Waals surface area contributed by atoms with E-state index in [1.807, 2.05) is 0 Å². The van der Waals surface area contributed by atoms with Crippen molar-refractivity contribution >= 4 is 46.7 Å². The zero-order chi connectivity index (χ0) is 14.6. The van der Waals surface area contributed by atoms with Gasteiger partial charge in [-0.05, 0) is 12.1 Å². The Bertz CT molecular complexity index is 546. The fourth-order valence-electron chi connectivity index (χ4n) is 1.21. The quantitative estimate of drug-likeness (QED) is 0.790. The average molecular weight is 305 g/mol. The van der Waals surface area contributed by atoms with Gasteiger partial charge in [-0.3, -0.25) is 9.59 Å². The Morgan fingerprint density at radius 2 is 1.84 bits per heavy atom. The van der Waals surface area contributed by atoms with E-state index in [0.717, 1.165) is 6.07 Å². The number of amides is 2. The monoisotopic (exact) mass is 304 g/mol. The number of nitrogens with one attached hydrogen (secondary N) is 2. The summed E-state index contributed by atoms with van der Waals surface area (Å²) in [6.45, 7) is 1.03. The fourth-order valence-corrected chi connectivity index (χ4v) is 1.72. The molecule has 0 heterocycles. The van der Waals surface area contributed by atoms with Crippen molar-refractivity contribution in [3.8, 4) is 0 Å². The summed E-state index contributed by atoms with van der Waals surface area (Å²) in [5.41, 5.74) is -0.0697. The molecular formula is C11H10Cl2N2O4. The molecule has 19 heavy (non-hydrogen) atoms. The van der Waals surface area contributed by atoms with Crippen LogP contribution in [0.2, 0.25) is 10.0 Å². The van der Waals surface area contributed by atoms with Crippen LogP contribution in [0.5, 0.6) is 0 Å². The molecule has 8 heteroatoms. The normalized spacial score (nSPS) is 9.84. The summed E-state index contributed by atoms with van der Waals surface area (Å²) in [7, 11) is 0. The predicted molar refractivity (Wildman–Crippen MR) is 70.7 cm³/mol. The third kappa shape index (κ3) is 4.42. The van der Waals surface area contributed by atoms with Crippen LogP contribution >= 0.6 is 23.2 Å². The molecule has 0 atom stereocenters. The second-order valence-corrected chi connectivity index (χ2v) is 4.39. The molecule has 0 bridgehead atoms. The van der Waals surface area contributed by atoms with Crippen LogP contribution in [0, 0.1) is 0 Å². The number of aromatic carboxylic acids is 1. The molecule has 1 rings (SSSR count). The molecule has 102 valence electrons. The van der Waals surface area contributed by atoms with Crippen LogP contribution in [0.15, 0.2) is 12.1 Å². The minimum atomic E-state index is -1.24. The molecule has 0 aliphatic rings. The molecular weight excluding hydrogens is 295 g/mol. The lowest BCUT2D eigenvalue weighted by molar-refractivity contribution is -0.122. The number of carboxylic acids is 1. The highest BCUT2D eigenvalue weighted by molar-refractivity contribution is 6.38. The molecule has 0 spiro atoms. The summed E-state index contributed by atoms with van der Waals surface area (Å²) in [5, 5.41) is 13.6. The van der Waals surface area contributed by atoms with Gasteiger partial charge in [0, 0.05) is 6.92 Å². The first-order valence-corrected chi connectivity index (χ1v) is 5.83. The Morgan fingerprint density at radius 3 is 2.37 bits per heavy atom. The van der Waals surface area contributed by atoms with Crippen molar-refractivity contribution in [2.75, 3.05) is 11.9 Å². The zero-order valence-electron chi connectivity index (χ0n) is 9.79. The third-order valence-corrected chi connectivity index (χ3v) is 2.68. The summed E-state index contributed by atoms with van der Waals surface area (Å²) in [5.74, 6) is -2.13. The summed E-state index contributed by atoms with van der Waals surface area (Å²) in [6, 6.07) is 2.37. The number of carboxylic acid groups (broad SMARTS) is 1. The predicted octanol–water partition coefficient (Wildman–Crippen LogP) is 1.77. The summed E-state index contributed by atoms with van der Waals surface area (Å²) >= 11 is 11.5. The van der Waals surface area contributed by atoms with Crippen LogP contribution in [-0.2, 0) is 9.59 Å². The largest absolute Gasteiger partial charge is 0.478 e. The standard InChI is InChI=1S/C11H10Cl2N2O4/c1-5(16)14-4-10(17)15-9-2-6(11(18)19)7(12)3-8(9)13/h2-3H,4H2,1H3,(H,14,16)(H,15,17)(H,18,19). The molecule has 1 aromatic rings. The van der Waals surface area contributed by atoms with E-state index in [2.05, 4.69) is 10.6 Å². The Labute approximate surface area is 118 Å². The minimum Gasteiger partial charge on any atom is -0.478 e. The van der Waals surface area contributed by atoms with Crippen molar-refractivity contribution in [2.24, 2.45) is 0 Å². The number of carbonyl (C=O) groups is 3. The Hall–Kier alpha value is -1.79. The number of hydrogen-bond donors (Lipinski definition) is 3. The van der Waals surface area contributed by atoms with Gasteiger partial charge in [-0.25, -0.2) is 4.79 Å². The fraction of sp³-hybridized carbons (Fsp3) is 0.182. The molecule has 0 saturated carbocycles. The highest BCUT2D eigenvalue weighted by Gasteiger charge is 2.14. The van der Waals surface area contributed by atoms with Gasteiger partial charge in [0.2, 0.25) is 11.8 Å². The molecule has 3 N–H and O–H groups in total. The topological polar surface area (TPSA) is 95.5 Å². The molecule has 0 aliphatic carbocycles. The van der Waals surface area contributed by atoms with Gasteiger partial charge >= 0.3 is 5.97 Å². The maximum Gasteiger partial charge on any atom is 0.337 e. The van der Waals surface area contributed by atoms with Gasteiger partial charge in [0.05, 0.1) is 27.8 Å². The second kappa shape index (κ2) is 6.40. The van der Waals surface area contributed by atoms with E-state index < -0.39 is 11.9 Å². The van der Waals surface area contributed by atoms with E-state index >= 15 is 0 Å². The Balaban J connectivity index is 2.89. The third-order valence-electron chi connectivity index (χ3n) is 2.06. The van der Waals surface area contributed by atoms with Crippen molar-refractivity contribution in [1.82, 2.24) is 5.32 Å². The molecule has 0 aliphatic heterocycles. The van der Waals surface area contributed by atoms with Crippen LogP contribution in [0.1, 0.15) is 17.3 Å². The SMILES string of the molecule is CC(=O)NCC(=O)Nc1cc(C(=O)O)c(Cl)cc1Cl. The van der Waals surface area contributed by atoms with Crippen LogP contribution < -0.4 is 10.6 Å². The molecule has 1 aromatic carbocycles. The number of hydrogen-bond acceptors (Lipinski definition) is 3. The number of carbonyl (C=O) groups excluding carboxylic acids is 2. The first kappa shape index (κ1) is 15.3. The van der Waals surface area contributed by atoms with Crippen molar-refractivity contribution in [3.63, 3.8) is 0 Å². The lowest BCUT2D eigenvalue weighted by Gasteiger charge is -2.09. The van der Waals surface area contributed by atoms with Crippen LogP contribution in [-0.4, -0.2) is 29.4 Å². The van der Waals surface area contributed by atoms with Crippen molar-refractivity contribution in [1.29, 1.82) is 0 Å². The summed E-state index contributed by atoms with van der Waals surface area (Å²) in [6.07, 6.45) is 0. The minimum absolute atomic E-state index is 0.0302. The maximum absolute atomic E-state index is 11.5. The van der Waals surface area contributed by atoms with Crippen LogP contribution in [0.4, 0.5) is 5.69 Å². The van der Waals surface area contributed by atoms with Crippen molar-refractivity contribution < 1.29 is 19.5 Å². The lowest BCUT2D eigenvalue weighted by Crippen LogP contribution is -2.31. The molecule has 0 radical (unpaired) electrons. The number of rotatable bonds is 4. The number of benzene rings is 1. The molecule has 2 amide bonds. The molecule has 0 unspecified atom stereocenters. The zero-order valence-corrected chi connectivity index (χ0v) is 11.3. The highest BCUT2D eigenvalue weighted by atomic mass is 35.5. The van der Waals surface area contributed by atoms with E-state index in [4.69, 9.17) is 28.3 Å². The van der Waals surface area contributed by atoms with Gasteiger partial charge in [-0.15, -0.1) is 0 Å². The molecule has 0 fully saturated rings. The summed E-state index contributed by atoms with van der Waals surface area (Å²) < 4.78 is 0. The van der Waals surface area contributed by atoms with E-state index in [9.17, 15) is 14.4 Å². The van der Waals surface area contributed by atoms with Gasteiger partial charge in [0.25, 0.3) is 0 Å². The molecule has 6 nitrogen and oxygen atoms in total. The lowest BCUT2D eigenvalue weighted by atomic mass is 10.2. The van der Waals surface area contributed by atoms with Crippen LogP contribution in [0.3, 0.4) is 0 Å². The summed E-state index contributed by atoms with van der Waals surface area (Å²) in [4.78, 5) is 33.0. The smallest absolute Gasteiger partial charge is 0.337 e. The Morgan fingerprint density at radius 1 is 1.21 bits per heavy atom. The van der Waals surface area contributed by atoms with Crippen molar-refractivity contribution in [3.05, 3.63) is 27.7 Å². The van der Waals surface area contributed by atoms with E-state index in [1.165, 1.54) is 13.0 Å². The molecule has 0 saturated heterocycles. The van der Waals surface area contributed by atoms with E-state index in [-0.39, 0.29) is 33.7 Å². The highest BCUT2D eigenvalue weighted by Crippen LogP contribution is 2.29. The van der Waals surface area contributed by atoms with Gasteiger partial charge < -0.3 is 15.7 Å². The van der Waals surface area contributed by atoms with E-state index in [1.54, 1.807) is 0 Å². The first-order valence-electron chi connectivity index (χ1n) is 5.08.